The number of hydrogen-bond donors (Lipinski definition) is 1. The van der Waals surface area contributed by atoms with Crippen molar-refractivity contribution in [2.24, 2.45) is 5.41 Å². The van der Waals surface area contributed by atoms with E-state index in [9.17, 15) is 0 Å². The van der Waals surface area contributed by atoms with Crippen LogP contribution in [0.3, 0.4) is 0 Å². The highest BCUT2D eigenvalue weighted by molar-refractivity contribution is 5.52. The minimum absolute atomic E-state index is 0.229. The molecule has 0 saturated carbocycles. The van der Waals surface area contributed by atoms with Crippen LogP contribution < -0.4 is 19.5 Å². The Morgan fingerprint density at radius 1 is 1.00 bits per heavy atom. The summed E-state index contributed by atoms with van der Waals surface area (Å²) in [5.41, 5.74) is 1.35. The second-order valence-corrected chi connectivity index (χ2v) is 5.25. The Balaban J connectivity index is 2.46. The molecule has 0 aliphatic carbocycles. The molecule has 4 nitrogen and oxygen atoms in total. The molecule has 1 unspecified atom stereocenters. The number of rotatable bonds is 4. The zero-order chi connectivity index (χ0) is 13.3. The third kappa shape index (κ3) is 2.01. The lowest BCUT2D eigenvalue weighted by Gasteiger charge is -2.46. The monoisotopic (exact) mass is 251 g/mol. The molecule has 1 aliphatic heterocycles. The number of benzene rings is 1. The fraction of sp³-hybridized carbons (Fsp3) is 0.571. The maximum absolute atomic E-state index is 5.46. The first kappa shape index (κ1) is 13.0. The second-order valence-electron chi connectivity index (χ2n) is 5.25. The molecule has 0 aromatic heterocycles. The van der Waals surface area contributed by atoms with Gasteiger partial charge in [0.05, 0.1) is 21.3 Å². The van der Waals surface area contributed by atoms with Crippen LogP contribution in [-0.4, -0.2) is 27.9 Å². The third-order valence-electron chi connectivity index (χ3n) is 3.59. The molecular weight excluding hydrogens is 230 g/mol. The average Bonchev–Trinajstić information content (AvgIpc) is 2.37. The van der Waals surface area contributed by atoms with Gasteiger partial charge in [-0.1, -0.05) is 13.8 Å². The summed E-state index contributed by atoms with van der Waals surface area (Å²) in [5, 5.41) is 3.44. The molecule has 1 saturated heterocycles. The molecule has 4 heteroatoms. The quantitative estimate of drug-likeness (QED) is 0.892. The first-order valence-electron chi connectivity index (χ1n) is 6.06. The number of nitrogens with one attached hydrogen (secondary N) is 1. The van der Waals surface area contributed by atoms with E-state index in [1.165, 1.54) is 0 Å². The topological polar surface area (TPSA) is 39.7 Å². The zero-order valence-corrected chi connectivity index (χ0v) is 11.7. The summed E-state index contributed by atoms with van der Waals surface area (Å²) in [6.07, 6.45) is 0. The zero-order valence-electron chi connectivity index (χ0n) is 11.7. The highest BCUT2D eigenvalue weighted by Gasteiger charge is 2.41. The summed E-state index contributed by atoms with van der Waals surface area (Å²) in [6, 6.07) is 4.16. The molecule has 0 bridgehead atoms. The van der Waals surface area contributed by atoms with Gasteiger partial charge in [-0.2, -0.15) is 0 Å². The fourth-order valence-electron chi connectivity index (χ4n) is 2.42. The maximum atomic E-state index is 5.46. The Morgan fingerprint density at radius 2 is 1.56 bits per heavy atom. The largest absolute Gasteiger partial charge is 0.496 e. The normalized spacial score (nSPS) is 21.1. The first-order chi connectivity index (χ1) is 8.53. The predicted octanol–water partition coefficient (Wildman–Crippen LogP) is 2.38. The van der Waals surface area contributed by atoms with E-state index in [0.29, 0.717) is 5.75 Å². The summed E-state index contributed by atoms with van der Waals surface area (Å²) in [7, 11) is 4.95. The number of hydrogen-bond acceptors (Lipinski definition) is 4. The Bertz CT molecular complexity index is 443. The summed E-state index contributed by atoms with van der Waals surface area (Å²) >= 11 is 0. The van der Waals surface area contributed by atoms with E-state index >= 15 is 0 Å². The molecule has 1 N–H and O–H groups in total. The van der Waals surface area contributed by atoms with E-state index in [4.69, 9.17) is 14.2 Å². The molecular formula is C14H21NO3. The highest BCUT2D eigenvalue weighted by atomic mass is 16.5. The van der Waals surface area contributed by atoms with Gasteiger partial charge in [-0.3, -0.25) is 0 Å². The smallest absolute Gasteiger partial charge is 0.164 e. The van der Waals surface area contributed by atoms with Crippen LogP contribution in [0.25, 0.3) is 0 Å². The first-order valence-corrected chi connectivity index (χ1v) is 6.06. The van der Waals surface area contributed by atoms with Crippen molar-refractivity contribution in [2.75, 3.05) is 27.9 Å². The van der Waals surface area contributed by atoms with E-state index in [-0.39, 0.29) is 11.5 Å². The van der Waals surface area contributed by atoms with Gasteiger partial charge in [-0.05, 0) is 11.5 Å². The lowest BCUT2D eigenvalue weighted by molar-refractivity contribution is 0.125. The maximum Gasteiger partial charge on any atom is 0.164 e. The summed E-state index contributed by atoms with van der Waals surface area (Å²) in [4.78, 5) is 0. The van der Waals surface area contributed by atoms with Gasteiger partial charge < -0.3 is 19.5 Å². The van der Waals surface area contributed by atoms with Crippen molar-refractivity contribution in [3.63, 3.8) is 0 Å². The molecule has 1 aliphatic rings. The van der Waals surface area contributed by atoms with Gasteiger partial charge in [0.2, 0.25) is 0 Å². The van der Waals surface area contributed by atoms with Crippen LogP contribution in [0.15, 0.2) is 12.1 Å². The molecule has 1 heterocycles. The minimum Gasteiger partial charge on any atom is -0.496 e. The lowest BCUT2D eigenvalue weighted by Crippen LogP contribution is -2.52. The molecule has 2 rings (SSSR count). The fourth-order valence-corrected chi connectivity index (χ4v) is 2.42. The van der Waals surface area contributed by atoms with Gasteiger partial charge in [0.15, 0.2) is 11.5 Å². The number of methoxy groups -OCH3 is 3. The van der Waals surface area contributed by atoms with Gasteiger partial charge in [-0.25, -0.2) is 0 Å². The third-order valence-corrected chi connectivity index (χ3v) is 3.59. The Labute approximate surface area is 108 Å². The van der Waals surface area contributed by atoms with E-state index in [1.807, 2.05) is 12.1 Å². The van der Waals surface area contributed by atoms with E-state index in [0.717, 1.165) is 23.6 Å². The van der Waals surface area contributed by atoms with Crippen LogP contribution in [0.5, 0.6) is 17.2 Å². The Morgan fingerprint density at radius 3 is 1.94 bits per heavy atom. The van der Waals surface area contributed by atoms with Crippen LogP contribution in [0.2, 0.25) is 0 Å². The molecule has 18 heavy (non-hydrogen) atoms. The van der Waals surface area contributed by atoms with E-state index < -0.39 is 0 Å². The molecule has 1 aromatic rings. The molecule has 100 valence electrons. The Kier molecular flexibility index (Phi) is 3.39. The SMILES string of the molecule is COc1cc(OC)c(C2NCC2(C)C)cc1OC. The van der Waals surface area contributed by atoms with Crippen molar-refractivity contribution in [3.05, 3.63) is 17.7 Å². The van der Waals surface area contributed by atoms with Gasteiger partial charge in [0.1, 0.15) is 5.75 Å². The van der Waals surface area contributed by atoms with Crippen LogP contribution >= 0.6 is 0 Å². The van der Waals surface area contributed by atoms with E-state index in [2.05, 4.69) is 19.2 Å². The van der Waals surface area contributed by atoms with E-state index in [1.54, 1.807) is 21.3 Å². The van der Waals surface area contributed by atoms with Gasteiger partial charge in [0.25, 0.3) is 0 Å². The summed E-state index contributed by atoms with van der Waals surface area (Å²) in [5.74, 6) is 2.26. The second kappa shape index (κ2) is 4.69. The van der Waals surface area contributed by atoms with Crippen LogP contribution in [0.4, 0.5) is 0 Å². The lowest BCUT2D eigenvalue weighted by atomic mass is 9.73. The molecule has 1 atom stereocenters. The average molecular weight is 251 g/mol. The molecule has 1 aromatic carbocycles. The van der Waals surface area contributed by atoms with Crippen molar-refractivity contribution in [1.29, 1.82) is 0 Å². The van der Waals surface area contributed by atoms with Crippen LogP contribution in [0.1, 0.15) is 25.5 Å². The van der Waals surface area contributed by atoms with Crippen molar-refractivity contribution in [3.8, 4) is 17.2 Å². The van der Waals surface area contributed by atoms with Gasteiger partial charge in [-0.15, -0.1) is 0 Å². The standard InChI is InChI=1S/C14H21NO3/c1-14(2)8-15-13(14)9-6-11(17-4)12(18-5)7-10(9)16-3/h6-7,13,15H,8H2,1-5H3. The van der Waals surface area contributed by atoms with Crippen LogP contribution in [0, 0.1) is 5.41 Å². The van der Waals surface area contributed by atoms with Gasteiger partial charge >= 0.3 is 0 Å². The highest BCUT2D eigenvalue weighted by Crippen LogP contribution is 2.46. The van der Waals surface area contributed by atoms with Crippen molar-refractivity contribution >= 4 is 0 Å². The molecule has 1 fully saturated rings. The predicted molar refractivity (Wildman–Crippen MR) is 70.6 cm³/mol. The minimum atomic E-state index is 0.229. The van der Waals surface area contributed by atoms with Crippen LogP contribution in [-0.2, 0) is 0 Å². The summed E-state index contributed by atoms with van der Waals surface area (Å²) in [6.45, 7) is 5.49. The molecule has 0 amide bonds. The number of ether oxygens (including phenoxy) is 3. The Hall–Kier alpha value is -1.42. The molecule has 0 spiro atoms. The van der Waals surface area contributed by atoms with Gasteiger partial charge in [0, 0.05) is 24.2 Å². The van der Waals surface area contributed by atoms with Crippen molar-refractivity contribution in [1.82, 2.24) is 5.32 Å². The molecule has 0 radical (unpaired) electrons. The summed E-state index contributed by atoms with van der Waals surface area (Å²) < 4.78 is 16.1. The van der Waals surface area contributed by atoms with Crippen molar-refractivity contribution in [2.45, 2.75) is 19.9 Å². The van der Waals surface area contributed by atoms with Crippen molar-refractivity contribution < 1.29 is 14.2 Å².